The fourth-order valence-corrected chi connectivity index (χ4v) is 2.05. The van der Waals surface area contributed by atoms with Crippen LogP contribution in [0.2, 0.25) is 0 Å². The average molecular weight is 211 g/mol. The molecule has 1 atom stereocenters. The van der Waals surface area contributed by atoms with Crippen molar-refractivity contribution in [3.8, 4) is 0 Å². The highest BCUT2D eigenvalue weighted by molar-refractivity contribution is 7.99. The van der Waals surface area contributed by atoms with Crippen molar-refractivity contribution in [3.05, 3.63) is 29.8 Å². The van der Waals surface area contributed by atoms with Crippen LogP contribution in [0, 0.1) is 5.92 Å². The predicted molar refractivity (Wildman–Crippen MR) is 61.3 cm³/mol. The summed E-state index contributed by atoms with van der Waals surface area (Å²) in [7, 11) is 0. The average Bonchev–Trinajstić information content (AvgIpc) is 2.26. The van der Waals surface area contributed by atoms with Crippen LogP contribution < -0.4 is 5.73 Å². The second-order valence-corrected chi connectivity index (χ2v) is 4.54. The van der Waals surface area contributed by atoms with E-state index in [0.717, 1.165) is 11.3 Å². The molecular formula is C11H17NOS. The summed E-state index contributed by atoms with van der Waals surface area (Å²) in [5.41, 5.74) is 6.71. The Labute approximate surface area is 89.5 Å². The molecule has 2 nitrogen and oxygen atoms in total. The third-order valence-corrected chi connectivity index (χ3v) is 3.30. The molecule has 0 saturated carbocycles. The molecule has 3 N–H and O–H groups in total. The Morgan fingerprint density at radius 3 is 2.93 bits per heavy atom. The number of aliphatic hydroxyl groups is 1. The Bertz CT molecular complexity index is 278. The lowest BCUT2D eigenvalue weighted by Crippen LogP contribution is -2.03. The van der Waals surface area contributed by atoms with Crippen molar-refractivity contribution in [1.82, 2.24) is 0 Å². The molecule has 0 bridgehead atoms. The second kappa shape index (κ2) is 6.06. The molecule has 0 aliphatic rings. The van der Waals surface area contributed by atoms with Gasteiger partial charge < -0.3 is 10.8 Å². The first-order valence-corrected chi connectivity index (χ1v) is 5.77. The fraction of sp³-hybridized carbons (Fsp3) is 0.455. The van der Waals surface area contributed by atoms with E-state index < -0.39 is 0 Å². The monoisotopic (exact) mass is 211 g/mol. The molecule has 0 radical (unpaired) electrons. The van der Waals surface area contributed by atoms with Crippen LogP contribution >= 0.6 is 11.8 Å². The molecule has 0 aromatic heterocycles. The highest BCUT2D eigenvalue weighted by Gasteiger charge is 2.01. The van der Waals surface area contributed by atoms with E-state index >= 15 is 0 Å². The van der Waals surface area contributed by atoms with E-state index in [4.69, 9.17) is 10.8 Å². The maximum atomic E-state index is 8.88. The summed E-state index contributed by atoms with van der Waals surface area (Å²) in [6, 6.07) is 8.23. The molecule has 0 saturated heterocycles. The van der Waals surface area contributed by atoms with Crippen LogP contribution in [-0.2, 0) is 6.54 Å². The van der Waals surface area contributed by atoms with Crippen LogP contribution in [0.1, 0.15) is 12.5 Å². The smallest absolute Gasteiger partial charge is 0.0464 e. The Kier molecular flexibility index (Phi) is 5.01. The van der Waals surface area contributed by atoms with Gasteiger partial charge in [-0.25, -0.2) is 0 Å². The highest BCUT2D eigenvalue weighted by Crippen LogP contribution is 2.21. The predicted octanol–water partition coefficient (Wildman–Crippen LogP) is 1.87. The summed E-state index contributed by atoms with van der Waals surface area (Å²) in [6.45, 7) is 2.88. The Morgan fingerprint density at radius 2 is 2.29 bits per heavy atom. The van der Waals surface area contributed by atoms with E-state index in [1.807, 2.05) is 19.1 Å². The zero-order chi connectivity index (χ0) is 10.4. The van der Waals surface area contributed by atoms with Crippen molar-refractivity contribution in [1.29, 1.82) is 0 Å². The van der Waals surface area contributed by atoms with E-state index in [0.29, 0.717) is 12.5 Å². The normalized spacial score (nSPS) is 12.8. The first-order chi connectivity index (χ1) is 6.76. The topological polar surface area (TPSA) is 46.2 Å². The van der Waals surface area contributed by atoms with Gasteiger partial charge in [0, 0.05) is 23.8 Å². The molecule has 0 spiro atoms. The van der Waals surface area contributed by atoms with Crippen LogP contribution in [0.4, 0.5) is 0 Å². The molecule has 3 heteroatoms. The molecule has 78 valence electrons. The zero-order valence-corrected chi connectivity index (χ0v) is 9.26. The van der Waals surface area contributed by atoms with Crippen molar-refractivity contribution in [2.24, 2.45) is 11.7 Å². The number of aliphatic hydroxyl groups excluding tert-OH is 1. The number of rotatable bonds is 5. The van der Waals surface area contributed by atoms with Gasteiger partial charge >= 0.3 is 0 Å². The Morgan fingerprint density at radius 1 is 1.50 bits per heavy atom. The number of benzene rings is 1. The lowest BCUT2D eigenvalue weighted by atomic mass is 10.2. The van der Waals surface area contributed by atoms with Crippen LogP contribution in [0.25, 0.3) is 0 Å². The first kappa shape index (κ1) is 11.6. The molecule has 1 rings (SSSR count). The van der Waals surface area contributed by atoms with E-state index in [-0.39, 0.29) is 6.61 Å². The summed E-state index contributed by atoms with van der Waals surface area (Å²) < 4.78 is 0. The maximum absolute atomic E-state index is 8.88. The van der Waals surface area contributed by atoms with Gasteiger partial charge in [-0.15, -0.1) is 11.8 Å². The van der Waals surface area contributed by atoms with Crippen molar-refractivity contribution >= 4 is 11.8 Å². The summed E-state index contributed by atoms with van der Waals surface area (Å²) in [5, 5.41) is 8.88. The molecule has 14 heavy (non-hydrogen) atoms. The molecule has 0 fully saturated rings. The molecule has 1 unspecified atom stereocenters. The number of thioether (sulfide) groups is 1. The van der Waals surface area contributed by atoms with Gasteiger partial charge in [0.2, 0.25) is 0 Å². The van der Waals surface area contributed by atoms with E-state index in [9.17, 15) is 0 Å². The lowest BCUT2D eigenvalue weighted by Gasteiger charge is -2.07. The second-order valence-electron chi connectivity index (χ2n) is 3.45. The van der Waals surface area contributed by atoms with Gasteiger partial charge in [-0.2, -0.15) is 0 Å². The number of hydrogen-bond donors (Lipinski definition) is 2. The minimum atomic E-state index is 0.254. The SMILES string of the molecule is CC(CO)CSc1cccc(CN)c1. The van der Waals surface area contributed by atoms with E-state index in [2.05, 4.69) is 12.1 Å². The molecule has 0 aliphatic carbocycles. The molecule has 0 aliphatic heterocycles. The van der Waals surface area contributed by atoms with Crippen LogP contribution in [0.15, 0.2) is 29.2 Å². The molecule has 0 amide bonds. The molecule has 0 heterocycles. The van der Waals surface area contributed by atoms with Crippen LogP contribution in [-0.4, -0.2) is 17.5 Å². The van der Waals surface area contributed by atoms with Crippen LogP contribution in [0.5, 0.6) is 0 Å². The Hall–Kier alpha value is -0.510. The largest absolute Gasteiger partial charge is 0.396 e. The Balaban J connectivity index is 2.50. The molecular weight excluding hydrogens is 194 g/mol. The quantitative estimate of drug-likeness (QED) is 0.731. The maximum Gasteiger partial charge on any atom is 0.0464 e. The van der Waals surface area contributed by atoms with Crippen molar-refractivity contribution in [2.45, 2.75) is 18.4 Å². The van der Waals surface area contributed by atoms with E-state index in [1.165, 1.54) is 4.90 Å². The van der Waals surface area contributed by atoms with Crippen LogP contribution in [0.3, 0.4) is 0 Å². The van der Waals surface area contributed by atoms with Crippen molar-refractivity contribution < 1.29 is 5.11 Å². The summed E-state index contributed by atoms with van der Waals surface area (Å²) in [4.78, 5) is 1.23. The number of hydrogen-bond acceptors (Lipinski definition) is 3. The lowest BCUT2D eigenvalue weighted by molar-refractivity contribution is 0.250. The summed E-state index contributed by atoms with van der Waals surface area (Å²) in [5.74, 6) is 1.30. The molecule has 1 aromatic rings. The first-order valence-electron chi connectivity index (χ1n) is 4.79. The minimum Gasteiger partial charge on any atom is -0.396 e. The fourth-order valence-electron chi connectivity index (χ4n) is 1.05. The van der Waals surface area contributed by atoms with Gasteiger partial charge in [0.1, 0.15) is 0 Å². The van der Waals surface area contributed by atoms with Gasteiger partial charge in [-0.1, -0.05) is 19.1 Å². The van der Waals surface area contributed by atoms with Crippen molar-refractivity contribution in [3.63, 3.8) is 0 Å². The highest BCUT2D eigenvalue weighted by atomic mass is 32.2. The van der Waals surface area contributed by atoms with Gasteiger partial charge in [0.15, 0.2) is 0 Å². The van der Waals surface area contributed by atoms with Crippen molar-refractivity contribution in [2.75, 3.05) is 12.4 Å². The third-order valence-electron chi connectivity index (χ3n) is 1.98. The standard InChI is InChI=1S/C11H17NOS/c1-9(7-13)8-14-11-4-2-3-10(5-11)6-12/h2-5,9,13H,6-8,12H2,1H3. The van der Waals surface area contributed by atoms with Gasteiger partial charge in [0.25, 0.3) is 0 Å². The zero-order valence-electron chi connectivity index (χ0n) is 8.44. The third kappa shape index (κ3) is 3.70. The van der Waals surface area contributed by atoms with Gasteiger partial charge in [-0.05, 0) is 23.6 Å². The van der Waals surface area contributed by atoms with Gasteiger partial charge in [-0.3, -0.25) is 0 Å². The summed E-state index contributed by atoms with van der Waals surface area (Å²) >= 11 is 1.77. The number of nitrogens with two attached hydrogens (primary N) is 1. The van der Waals surface area contributed by atoms with E-state index in [1.54, 1.807) is 11.8 Å². The van der Waals surface area contributed by atoms with Gasteiger partial charge in [0.05, 0.1) is 0 Å². The minimum absolute atomic E-state index is 0.254. The molecule has 1 aromatic carbocycles. The summed E-state index contributed by atoms with van der Waals surface area (Å²) in [6.07, 6.45) is 0.